The minimum atomic E-state index is -0.629. The Labute approximate surface area is 130 Å². The van der Waals surface area contributed by atoms with Crippen LogP contribution in [0.2, 0.25) is 0 Å². The molecule has 22 heavy (non-hydrogen) atoms. The summed E-state index contributed by atoms with van der Waals surface area (Å²) in [6, 6.07) is 0. The van der Waals surface area contributed by atoms with Crippen LogP contribution in [0.25, 0.3) is 0 Å². The Bertz CT molecular complexity index is 401. The van der Waals surface area contributed by atoms with Gasteiger partial charge in [0.1, 0.15) is 6.10 Å². The van der Waals surface area contributed by atoms with Gasteiger partial charge < -0.3 is 19.5 Å². The van der Waals surface area contributed by atoms with E-state index in [9.17, 15) is 14.4 Å². The first-order valence-corrected chi connectivity index (χ1v) is 7.49. The fourth-order valence-corrected chi connectivity index (χ4v) is 2.06. The summed E-state index contributed by atoms with van der Waals surface area (Å²) in [5.74, 6) is -1.25. The first-order chi connectivity index (χ1) is 10.6. The van der Waals surface area contributed by atoms with E-state index in [0.717, 1.165) is 37.8 Å². The van der Waals surface area contributed by atoms with Gasteiger partial charge >= 0.3 is 18.0 Å². The van der Waals surface area contributed by atoms with E-state index in [0.29, 0.717) is 13.0 Å². The van der Waals surface area contributed by atoms with Gasteiger partial charge in [-0.05, 0) is 32.1 Å². The summed E-state index contributed by atoms with van der Waals surface area (Å²) in [6.07, 6.45) is 7.32. The van der Waals surface area contributed by atoms with Crippen molar-refractivity contribution in [2.75, 3.05) is 20.3 Å². The van der Waals surface area contributed by atoms with Crippen LogP contribution in [0.1, 0.15) is 38.5 Å². The molecule has 7 heteroatoms. The van der Waals surface area contributed by atoms with Crippen molar-refractivity contribution in [3.05, 3.63) is 12.2 Å². The van der Waals surface area contributed by atoms with Crippen LogP contribution in [-0.2, 0) is 23.8 Å². The molecule has 0 aliphatic heterocycles. The number of alkyl carbamates (subject to hydrolysis) is 1. The van der Waals surface area contributed by atoms with Gasteiger partial charge in [-0.3, -0.25) is 0 Å². The first kappa shape index (κ1) is 18.0. The third-order valence-electron chi connectivity index (χ3n) is 3.22. The minimum Gasteiger partial charge on any atom is -0.466 e. The third-order valence-corrected chi connectivity index (χ3v) is 3.22. The highest BCUT2D eigenvalue weighted by molar-refractivity contribution is 5.91. The van der Waals surface area contributed by atoms with Crippen LogP contribution < -0.4 is 5.32 Å². The van der Waals surface area contributed by atoms with Gasteiger partial charge in [0, 0.05) is 18.7 Å². The molecule has 1 rings (SSSR count). The monoisotopic (exact) mass is 313 g/mol. The van der Waals surface area contributed by atoms with Crippen LogP contribution in [0.4, 0.5) is 4.79 Å². The van der Waals surface area contributed by atoms with E-state index in [2.05, 4.69) is 10.1 Å². The molecule has 1 N–H and O–H groups in total. The van der Waals surface area contributed by atoms with Crippen LogP contribution >= 0.6 is 0 Å². The summed E-state index contributed by atoms with van der Waals surface area (Å²) in [7, 11) is 1.22. The number of carbonyl (C=O) groups excluding carboxylic acids is 3. The molecular formula is C15H23NO6. The van der Waals surface area contributed by atoms with Crippen molar-refractivity contribution in [2.45, 2.75) is 44.6 Å². The van der Waals surface area contributed by atoms with Crippen molar-refractivity contribution in [3.8, 4) is 0 Å². The Morgan fingerprint density at radius 3 is 2.45 bits per heavy atom. The van der Waals surface area contributed by atoms with Gasteiger partial charge in [0.05, 0.1) is 13.7 Å². The molecule has 124 valence electrons. The number of methoxy groups -OCH3 is 1. The third kappa shape index (κ3) is 8.28. The highest BCUT2D eigenvalue weighted by Gasteiger charge is 2.17. The molecule has 0 aromatic carbocycles. The number of carbonyl (C=O) groups is 3. The molecule has 0 saturated heterocycles. The van der Waals surface area contributed by atoms with Gasteiger partial charge in [-0.1, -0.05) is 6.42 Å². The van der Waals surface area contributed by atoms with Crippen molar-refractivity contribution >= 4 is 18.0 Å². The molecule has 0 heterocycles. The van der Waals surface area contributed by atoms with E-state index in [-0.39, 0.29) is 12.7 Å². The predicted molar refractivity (Wildman–Crippen MR) is 78.1 cm³/mol. The van der Waals surface area contributed by atoms with Crippen LogP contribution in [0.15, 0.2) is 12.2 Å². The van der Waals surface area contributed by atoms with Gasteiger partial charge in [-0.2, -0.15) is 0 Å². The summed E-state index contributed by atoms with van der Waals surface area (Å²) in [4.78, 5) is 33.5. The molecule has 0 spiro atoms. The number of hydrogen-bond acceptors (Lipinski definition) is 6. The zero-order chi connectivity index (χ0) is 16.2. The lowest BCUT2D eigenvalue weighted by Crippen LogP contribution is -2.31. The maximum absolute atomic E-state index is 11.5. The van der Waals surface area contributed by atoms with Gasteiger partial charge in [-0.25, -0.2) is 14.4 Å². The topological polar surface area (TPSA) is 90.9 Å². The summed E-state index contributed by atoms with van der Waals surface area (Å²) < 4.78 is 14.5. The van der Waals surface area contributed by atoms with E-state index in [1.165, 1.54) is 13.5 Å². The molecule has 0 bridgehead atoms. The van der Waals surface area contributed by atoms with E-state index < -0.39 is 18.0 Å². The Morgan fingerprint density at radius 1 is 1.09 bits per heavy atom. The second-order valence-corrected chi connectivity index (χ2v) is 4.97. The Hall–Kier alpha value is -2.05. The average Bonchev–Trinajstić information content (AvgIpc) is 2.53. The number of ether oxygens (including phenoxy) is 3. The SMILES string of the molecule is COC(=O)/C=C/C(=O)OCCCNC(=O)OC1CCCCC1. The van der Waals surface area contributed by atoms with Crippen LogP contribution in [0.3, 0.4) is 0 Å². The largest absolute Gasteiger partial charge is 0.466 e. The lowest BCUT2D eigenvalue weighted by molar-refractivity contribution is -0.139. The molecule has 0 unspecified atom stereocenters. The lowest BCUT2D eigenvalue weighted by Gasteiger charge is -2.21. The Morgan fingerprint density at radius 2 is 1.77 bits per heavy atom. The quantitative estimate of drug-likeness (QED) is 0.333. The number of rotatable bonds is 7. The molecule has 1 aliphatic rings. The van der Waals surface area contributed by atoms with E-state index in [4.69, 9.17) is 9.47 Å². The predicted octanol–water partition coefficient (Wildman–Crippen LogP) is 1.71. The van der Waals surface area contributed by atoms with Crippen LogP contribution in [-0.4, -0.2) is 44.4 Å². The average molecular weight is 313 g/mol. The van der Waals surface area contributed by atoms with Crippen molar-refractivity contribution in [2.24, 2.45) is 0 Å². The molecule has 7 nitrogen and oxygen atoms in total. The number of amides is 1. The van der Waals surface area contributed by atoms with Gasteiger partial charge in [0.15, 0.2) is 0 Å². The minimum absolute atomic E-state index is 0.0232. The van der Waals surface area contributed by atoms with Crippen LogP contribution in [0.5, 0.6) is 0 Å². The Balaban J connectivity index is 2.02. The number of nitrogens with one attached hydrogen (secondary N) is 1. The molecule has 0 atom stereocenters. The van der Waals surface area contributed by atoms with Crippen molar-refractivity contribution in [1.29, 1.82) is 0 Å². The van der Waals surface area contributed by atoms with E-state index in [1.807, 2.05) is 0 Å². The first-order valence-electron chi connectivity index (χ1n) is 7.49. The fourth-order valence-electron chi connectivity index (χ4n) is 2.06. The van der Waals surface area contributed by atoms with Crippen molar-refractivity contribution < 1.29 is 28.6 Å². The molecule has 1 aliphatic carbocycles. The molecule has 0 aromatic rings. The zero-order valence-corrected chi connectivity index (χ0v) is 12.8. The van der Waals surface area contributed by atoms with E-state index in [1.54, 1.807) is 0 Å². The summed E-state index contributed by atoms with van der Waals surface area (Å²) in [5, 5.41) is 2.62. The van der Waals surface area contributed by atoms with Crippen molar-refractivity contribution in [1.82, 2.24) is 5.32 Å². The standard InChI is InChI=1S/C15H23NO6/c1-20-13(17)8-9-14(18)21-11-5-10-16-15(19)22-12-6-3-2-4-7-12/h8-9,12H,2-7,10-11H2,1H3,(H,16,19)/b9-8+. The highest BCUT2D eigenvalue weighted by atomic mass is 16.6. The smallest absolute Gasteiger partial charge is 0.407 e. The molecule has 1 amide bonds. The summed E-state index contributed by atoms with van der Waals surface area (Å²) in [5.41, 5.74) is 0. The second kappa shape index (κ2) is 10.6. The molecule has 1 saturated carbocycles. The molecular weight excluding hydrogens is 290 g/mol. The highest BCUT2D eigenvalue weighted by Crippen LogP contribution is 2.20. The lowest BCUT2D eigenvalue weighted by atomic mass is 9.98. The fraction of sp³-hybridized carbons (Fsp3) is 0.667. The maximum Gasteiger partial charge on any atom is 0.407 e. The zero-order valence-electron chi connectivity index (χ0n) is 12.8. The second-order valence-electron chi connectivity index (χ2n) is 4.97. The molecule has 0 aromatic heterocycles. The van der Waals surface area contributed by atoms with Crippen LogP contribution in [0, 0.1) is 0 Å². The normalized spacial score (nSPS) is 15.3. The molecule has 0 radical (unpaired) electrons. The molecule has 1 fully saturated rings. The maximum atomic E-state index is 11.5. The number of hydrogen-bond donors (Lipinski definition) is 1. The number of esters is 2. The van der Waals surface area contributed by atoms with Gasteiger partial charge in [0.25, 0.3) is 0 Å². The van der Waals surface area contributed by atoms with Gasteiger partial charge in [-0.15, -0.1) is 0 Å². The summed E-state index contributed by atoms with van der Waals surface area (Å²) >= 11 is 0. The van der Waals surface area contributed by atoms with E-state index >= 15 is 0 Å². The van der Waals surface area contributed by atoms with Crippen molar-refractivity contribution in [3.63, 3.8) is 0 Å². The Kier molecular flexibility index (Phi) is 8.71. The van der Waals surface area contributed by atoms with Gasteiger partial charge in [0.2, 0.25) is 0 Å². The summed E-state index contributed by atoms with van der Waals surface area (Å²) in [6.45, 7) is 0.508.